The largest absolute Gasteiger partial charge is 0.460 e. The molecule has 4 nitrogen and oxygen atoms in total. The van der Waals surface area contributed by atoms with Crippen LogP contribution in [0, 0.1) is 0 Å². The SMILES string of the molecule is O=C(OCCO)c1ccnc(Cl)c1. The third-order valence-corrected chi connectivity index (χ3v) is 1.49. The van der Waals surface area contributed by atoms with Gasteiger partial charge in [-0.2, -0.15) is 0 Å². The Bertz CT molecular complexity index is 303. The van der Waals surface area contributed by atoms with E-state index in [4.69, 9.17) is 16.7 Å². The Hall–Kier alpha value is -1.13. The topological polar surface area (TPSA) is 59.4 Å². The van der Waals surface area contributed by atoms with E-state index in [0.717, 1.165) is 0 Å². The van der Waals surface area contributed by atoms with Gasteiger partial charge in [0.2, 0.25) is 0 Å². The summed E-state index contributed by atoms with van der Waals surface area (Å²) in [4.78, 5) is 14.8. The first kappa shape index (κ1) is 9.95. The molecule has 1 aromatic rings. The second kappa shape index (κ2) is 4.79. The monoisotopic (exact) mass is 201 g/mol. The number of pyridine rings is 1. The van der Waals surface area contributed by atoms with E-state index in [9.17, 15) is 4.79 Å². The zero-order valence-electron chi connectivity index (χ0n) is 6.74. The summed E-state index contributed by atoms with van der Waals surface area (Å²) in [7, 11) is 0. The molecule has 0 saturated carbocycles. The van der Waals surface area contributed by atoms with Gasteiger partial charge in [-0.15, -0.1) is 0 Å². The van der Waals surface area contributed by atoms with Crippen molar-refractivity contribution in [3.63, 3.8) is 0 Å². The summed E-state index contributed by atoms with van der Waals surface area (Å²) in [6, 6.07) is 2.90. The van der Waals surface area contributed by atoms with Crippen molar-refractivity contribution in [2.24, 2.45) is 0 Å². The molecule has 0 aliphatic rings. The lowest BCUT2D eigenvalue weighted by atomic mass is 10.3. The molecule has 1 rings (SSSR count). The average molecular weight is 202 g/mol. The molecule has 0 bridgehead atoms. The molecule has 5 heteroatoms. The minimum Gasteiger partial charge on any atom is -0.460 e. The smallest absolute Gasteiger partial charge is 0.338 e. The maximum Gasteiger partial charge on any atom is 0.338 e. The van der Waals surface area contributed by atoms with Crippen molar-refractivity contribution in [2.75, 3.05) is 13.2 Å². The van der Waals surface area contributed by atoms with Gasteiger partial charge < -0.3 is 9.84 Å². The van der Waals surface area contributed by atoms with E-state index >= 15 is 0 Å². The maximum absolute atomic E-state index is 11.1. The van der Waals surface area contributed by atoms with Crippen molar-refractivity contribution in [1.82, 2.24) is 4.98 Å². The van der Waals surface area contributed by atoms with Crippen LogP contribution >= 0.6 is 11.6 Å². The molecule has 70 valence electrons. The van der Waals surface area contributed by atoms with Gasteiger partial charge in [0.25, 0.3) is 0 Å². The van der Waals surface area contributed by atoms with Gasteiger partial charge in [-0.3, -0.25) is 0 Å². The van der Waals surface area contributed by atoms with Crippen LogP contribution in [0.1, 0.15) is 10.4 Å². The van der Waals surface area contributed by atoms with Gasteiger partial charge in [0.05, 0.1) is 12.2 Å². The summed E-state index contributed by atoms with van der Waals surface area (Å²) in [5.74, 6) is -0.515. The fourth-order valence-corrected chi connectivity index (χ4v) is 0.925. The van der Waals surface area contributed by atoms with Gasteiger partial charge in [0.1, 0.15) is 11.8 Å². The van der Waals surface area contributed by atoms with Gasteiger partial charge in [0.15, 0.2) is 0 Å². The highest BCUT2D eigenvalue weighted by Gasteiger charge is 2.06. The predicted octanol–water partition coefficient (Wildman–Crippen LogP) is 0.884. The third-order valence-electron chi connectivity index (χ3n) is 1.29. The molecule has 0 aliphatic heterocycles. The number of ether oxygens (including phenoxy) is 1. The number of nitrogens with zero attached hydrogens (tertiary/aromatic N) is 1. The molecule has 0 fully saturated rings. The molecule has 0 spiro atoms. The highest BCUT2D eigenvalue weighted by atomic mass is 35.5. The lowest BCUT2D eigenvalue weighted by Crippen LogP contribution is -2.08. The van der Waals surface area contributed by atoms with Crippen LogP contribution in [0.15, 0.2) is 18.3 Å². The van der Waals surface area contributed by atoms with Crippen LogP contribution in [0.25, 0.3) is 0 Å². The van der Waals surface area contributed by atoms with Crippen LogP contribution in [-0.4, -0.2) is 29.3 Å². The predicted molar refractivity (Wildman–Crippen MR) is 46.6 cm³/mol. The van der Waals surface area contributed by atoms with Gasteiger partial charge in [-0.05, 0) is 12.1 Å². The molecule has 0 atom stereocenters. The highest BCUT2D eigenvalue weighted by Crippen LogP contribution is 2.07. The van der Waals surface area contributed by atoms with Crippen LogP contribution in [0.4, 0.5) is 0 Å². The Morgan fingerprint density at radius 3 is 3.08 bits per heavy atom. The lowest BCUT2D eigenvalue weighted by Gasteiger charge is -2.01. The number of carbonyl (C=O) groups excluding carboxylic acids is 1. The third kappa shape index (κ3) is 3.01. The summed E-state index contributed by atoms with van der Waals surface area (Å²) in [6.45, 7) is -0.205. The molecular formula is C8H8ClNO3. The van der Waals surface area contributed by atoms with Crippen LogP contribution in [-0.2, 0) is 4.74 Å². The molecular weight excluding hydrogens is 194 g/mol. The van der Waals surface area contributed by atoms with E-state index < -0.39 is 5.97 Å². The Labute approximate surface area is 80.1 Å². The first-order chi connectivity index (χ1) is 6.24. The Kier molecular flexibility index (Phi) is 3.67. The number of carbonyl (C=O) groups is 1. The number of halogens is 1. The van der Waals surface area contributed by atoms with Crippen LogP contribution in [0.5, 0.6) is 0 Å². The summed E-state index contributed by atoms with van der Waals surface area (Å²) in [5.41, 5.74) is 0.327. The Balaban J connectivity index is 2.66. The van der Waals surface area contributed by atoms with E-state index in [1.165, 1.54) is 18.3 Å². The Morgan fingerprint density at radius 1 is 1.69 bits per heavy atom. The standard InChI is InChI=1S/C8H8ClNO3/c9-7-5-6(1-2-10-7)8(12)13-4-3-11/h1-2,5,11H,3-4H2. The first-order valence-electron chi connectivity index (χ1n) is 3.63. The van der Waals surface area contributed by atoms with Gasteiger partial charge >= 0.3 is 5.97 Å². The number of esters is 1. The molecule has 0 radical (unpaired) electrons. The Morgan fingerprint density at radius 2 is 2.46 bits per heavy atom. The van der Waals surface area contributed by atoms with Crippen molar-refractivity contribution < 1.29 is 14.6 Å². The molecule has 0 unspecified atom stereocenters. The zero-order valence-corrected chi connectivity index (χ0v) is 7.49. The van der Waals surface area contributed by atoms with Gasteiger partial charge in [-0.25, -0.2) is 9.78 Å². The van der Waals surface area contributed by atoms with Gasteiger partial charge in [0, 0.05) is 6.20 Å². The van der Waals surface area contributed by atoms with Crippen LogP contribution < -0.4 is 0 Å². The van der Waals surface area contributed by atoms with Crippen molar-refractivity contribution in [1.29, 1.82) is 0 Å². The number of aliphatic hydroxyl groups is 1. The van der Waals surface area contributed by atoms with E-state index in [2.05, 4.69) is 9.72 Å². The van der Waals surface area contributed by atoms with Gasteiger partial charge in [-0.1, -0.05) is 11.6 Å². The molecule has 1 heterocycles. The van der Waals surface area contributed by atoms with Crippen LogP contribution in [0.2, 0.25) is 5.15 Å². The summed E-state index contributed by atoms with van der Waals surface area (Å²) >= 11 is 5.55. The molecule has 13 heavy (non-hydrogen) atoms. The fraction of sp³-hybridized carbons (Fsp3) is 0.250. The number of hydrogen-bond donors (Lipinski definition) is 1. The molecule has 0 aliphatic carbocycles. The molecule has 0 saturated heterocycles. The average Bonchev–Trinajstić information content (AvgIpc) is 2.14. The minimum absolute atomic E-state index is 0.0151. The van der Waals surface area contributed by atoms with E-state index in [1.54, 1.807) is 0 Å². The number of rotatable bonds is 3. The van der Waals surface area contributed by atoms with E-state index in [-0.39, 0.29) is 18.4 Å². The first-order valence-corrected chi connectivity index (χ1v) is 4.01. The lowest BCUT2D eigenvalue weighted by molar-refractivity contribution is 0.0433. The normalized spacial score (nSPS) is 9.69. The molecule has 1 aromatic heterocycles. The zero-order chi connectivity index (χ0) is 9.68. The molecule has 1 N–H and O–H groups in total. The van der Waals surface area contributed by atoms with E-state index in [1.807, 2.05) is 0 Å². The van der Waals surface area contributed by atoms with Crippen LogP contribution in [0.3, 0.4) is 0 Å². The van der Waals surface area contributed by atoms with Crippen molar-refractivity contribution in [3.8, 4) is 0 Å². The second-order valence-electron chi connectivity index (χ2n) is 2.23. The molecule has 0 amide bonds. The summed E-state index contributed by atoms with van der Waals surface area (Å²) in [5, 5.41) is 8.64. The number of hydrogen-bond acceptors (Lipinski definition) is 4. The molecule has 0 aromatic carbocycles. The highest BCUT2D eigenvalue weighted by molar-refractivity contribution is 6.29. The summed E-state index contributed by atoms with van der Waals surface area (Å²) in [6.07, 6.45) is 1.41. The quantitative estimate of drug-likeness (QED) is 0.583. The van der Waals surface area contributed by atoms with E-state index in [0.29, 0.717) is 5.56 Å². The minimum atomic E-state index is -0.515. The second-order valence-corrected chi connectivity index (χ2v) is 2.61. The number of aromatic nitrogens is 1. The number of aliphatic hydroxyl groups excluding tert-OH is 1. The maximum atomic E-state index is 11.1. The van der Waals surface area contributed by atoms with Crippen molar-refractivity contribution in [3.05, 3.63) is 29.0 Å². The van der Waals surface area contributed by atoms with Crippen molar-refractivity contribution in [2.45, 2.75) is 0 Å². The van der Waals surface area contributed by atoms with Crippen molar-refractivity contribution >= 4 is 17.6 Å². The summed E-state index contributed by atoms with van der Waals surface area (Å²) < 4.78 is 4.66. The fourth-order valence-electron chi connectivity index (χ4n) is 0.751.